The average molecular weight is 224 g/mol. The Hall–Kier alpha value is -0.630. The van der Waals surface area contributed by atoms with Gasteiger partial charge in [0.2, 0.25) is 0 Å². The number of nitrogens with zero attached hydrogens (tertiary/aromatic N) is 3. The van der Waals surface area contributed by atoms with Crippen LogP contribution in [0.4, 0.5) is 0 Å². The maximum atomic E-state index is 9.13. The minimum Gasteiger partial charge on any atom is -0.302 e. The van der Waals surface area contributed by atoms with Gasteiger partial charge in [0.15, 0.2) is 0 Å². The van der Waals surface area contributed by atoms with E-state index in [-0.39, 0.29) is 0 Å². The van der Waals surface area contributed by atoms with Crippen LogP contribution in [0.2, 0.25) is 0 Å². The van der Waals surface area contributed by atoms with Gasteiger partial charge < -0.3 is 5.32 Å². The van der Waals surface area contributed by atoms with Crippen molar-refractivity contribution in [1.29, 1.82) is 5.26 Å². The third kappa shape index (κ3) is 3.18. The summed E-state index contributed by atoms with van der Waals surface area (Å²) in [6, 6.07) is 2.94. The number of nitrogens with one attached hydrogen (secondary N) is 1. The van der Waals surface area contributed by atoms with Gasteiger partial charge in [-0.25, -0.2) is 0 Å². The monoisotopic (exact) mass is 224 g/mol. The fraction of sp³-hybridized carbons (Fsp3) is 0.917. The van der Waals surface area contributed by atoms with Crippen molar-refractivity contribution in [3.8, 4) is 6.07 Å². The lowest BCUT2D eigenvalue weighted by molar-refractivity contribution is 0.0767. The molecule has 1 aliphatic heterocycles. The minimum atomic E-state index is -0.423. The SMILES string of the molecule is CCN1CCN(CC(C)(C#N)NC)CC1C. The molecule has 0 bridgehead atoms. The third-order valence-corrected chi connectivity index (χ3v) is 3.59. The molecule has 0 aromatic carbocycles. The average Bonchev–Trinajstić information content (AvgIpc) is 2.29. The minimum absolute atomic E-state index is 0.423. The first-order valence-corrected chi connectivity index (χ1v) is 6.11. The van der Waals surface area contributed by atoms with E-state index in [1.165, 1.54) is 0 Å². The van der Waals surface area contributed by atoms with E-state index in [0.29, 0.717) is 6.04 Å². The summed E-state index contributed by atoms with van der Waals surface area (Å²) in [6.45, 7) is 11.6. The highest BCUT2D eigenvalue weighted by Crippen LogP contribution is 2.12. The van der Waals surface area contributed by atoms with Crippen molar-refractivity contribution < 1.29 is 0 Å². The number of rotatable bonds is 4. The van der Waals surface area contributed by atoms with Gasteiger partial charge >= 0.3 is 0 Å². The number of nitriles is 1. The van der Waals surface area contributed by atoms with Crippen molar-refractivity contribution in [2.24, 2.45) is 0 Å². The predicted molar refractivity (Wildman–Crippen MR) is 66.2 cm³/mol. The Morgan fingerprint density at radius 1 is 1.50 bits per heavy atom. The lowest BCUT2D eigenvalue weighted by Crippen LogP contribution is -2.57. The van der Waals surface area contributed by atoms with Gasteiger partial charge in [-0.1, -0.05) is 6.92 Å². The number of hydrogen-bond donors (Lipinski definition) is 1. The van der Waals surface area contributed by atoms with Gasteiger partial charge in [0.05, 0.1) is 6.07 Å². The number of hydrogen-bond acceptors (Lipinski definition) is 4. The van der Waals surface area contributed by atoms with Gasteiger partial charge in [-0.15, -0.1) is 0 Å². The Labute approximate surface area is 99.2 Å². The van der Waals surface area contributed by atoms with Crippen LogP contribution in [-0.4, -0.2) is 61.2 Å². The van der Waals surface area contributed by atoms with E-state index in [0.717, 1.165) is 32.7 Å². The molecule has 0 saturated carbocycles. The molecule has 4 nitrogen and oxygen atoms in total. The third-order valence-electron chi connectivity index (χ3n) is 3.59. The first-order chi connectivity index (χ1) is 7.54. The molecule has 2 atom stereocenters. The quantitative estimate of drug-likeness (QED) is 0.756. The summed E-state index contributed by atoms with van der Waals surface area (Å²) in [7, 11) is 1.86. The van der Waals surface area contributed by atoms with Crippen LogP contribution in [0.5, 0.6) is 0 Å². The molecule has 2 unspecified atom stereocenters. The second kappa shape index (κ2) is 5.62. The highest BCUT2D eigenvalue weighted by atomic mass is 15.3. The first-order valence-electron chi connectivity index (χ1n) is 6.11. The zero-order valence-corrected chi connectivity index (χ0v) is 11.0. The second-order valence-corrected chi connectivity index (χ2v) is 4.91. The lowest BCUT2D eigenvalue weighted by Gasteiger charge is -2.41. The Morgan fingerprint density at radius 2 is 2.19 bits per heavy atom. The van der Waals surface area contributed by atoms with Crippen LogP contribution < -0.4 is 5.32 Å². The fourth-order valence-electron chi connectivity index (χ4n) is 2.30. The Morgan fingerprint density at radius 3 is 2.62 bits per heavy atom. The van der Waals surface area contributed by atoms with Gasteiger partial charge in [0.25, 0.3) is 0 Å². The standard InChI is InChI=1S/C12H24N4/c1-5-16-7-6-15(8-11(16)2)10-12(3,9-13)14-4/h11,14H,5-8,10H2,1-4H3. The van der Waals surface area contributed by atoms with Crippen LogP contribution in [0.1, 0.15) is 20.8 Å². The molecule has 0 aliphatic carbocycles. The molecule has 1 aliphatic rings. The summed E-state index contributed by atoms with van der Waals surface area (Å²) in [5.74, 6) is 0. The summed E-state index contributed by atoms with van der Waals surface area (Å²) < 4.78 is 0. The molecule has 1 N–H and O–H groups in total. The van der Waals surface area contributed by atoms with Crippen molar-refractivity contribution >= 4 is 0 Å². The van der Waals surface area contributed by atoms with Crippen molar-refractivity contribution in [3.05, 3.63) is 0 Å². The van der Waals surface area contributed by atoms with E-state index >= 15 is 0 Å². The zero-order chi connectivity index (χ0) is 12.2. The van der Waals surface area contributed by atoms with E-state index in [1.807, 2.05) is 14.0 Å². The molecule has 0 radical (unpaired) electrons. The van der Waals surface area contributed by atoms with Crippen LogP contribution in [0.15, 0.2) is 0 Å². The van der Waals surface area contributed by atoms with E-state index in [2.05, 4.69) is 35.0 Å². The Balaban J connectivity index is 2.50. The van der Waals surface area contributed by atoms with Crippen molar-refractivity contribution in [1.82, 2.24) is 15.1 Å². The molecular formula is C12H24N4. The molecule has 92 valence electrons. The van der Waals surface area contributed by atoms with E-state index in [1.54, 1.807) is 0 Å². The second-order valence-electron chi connectivity index (χ2n) is 4.91. The van der Waals surface area contributed by atoms with Crippen LogP contribution in [0.3, 0.4) is 0 Å². The van der Waals surface area contributed by atoms with Crippen LogP contribution >= 0.6 is 0 Å². The van der Waals surface area contributed by atoms with E-state index in [4.69, 9.17) is 5.26 Å². The maximum absolute atomic E-state index is 9.13. The summed E-state index contributed by atoms with van der Waals surface area (Å²) in [5.41, 5.74) is -0.423. The summed E-state index contributed by atoms with van der Waals surface area (Å²) in [6.07, 6.45) is 0. The molecule has 4 heteroatoms. The van der Waals surface area contributed by atoms with Crippen molar-refractivity contribution in [3.63, 3.8) is 0 Å². The molecular weight excluding hydrogens is 200 g/mol. The summed E-state index contributed by atoms with van der Waals surface area (Å²) in [5, 5.41) is 12.2. The summed E-state index contributed by atoms with van der Waals surface area (Å²) >= 11 is 0. The van der Waals surface area contributed by atoms with Crippen molar-refractivity contribution in [2.75, 3.05) is 39.8 Å². The molecule has 1 rings (SSSR count). The van der Waals surface area contributed by atoms with E-state index in [9.17, 15) is 0 Å². The molecule has 16 heavy (non-hydrogen) atoms. The van der Waals surface area contributed by atoms with Gasteiger partial charge in [-0.05, 0) is 27.4 Å². The van der Waals surface area contributed by atoms with Gasteiger partial charge in [-0.3, -0.25) is 9.80 Å². The molecule has 0 spiro atoms. The molecule has 0 aromatic rings. The zero-order valence-electron chi connectivity index (χ0n) is 11.0. The molecule has 1 saturated heterocycles. The maximum Gasteiger partial charge on any atom is 0.116 e. The van der Waals surface area contributed by atoms with Gasteiger partial charge in [0.1, 0.15) is 5.54 Å². The molecule has 1 heterocycles. The topological polar surface area (TPSA) is 42.3 Å². The smallest absolute Gasteiger partial charge is 0.116 e. The van der Waals surface area contributed by atoms with E-state index < -0.39 is 5.54 Å². The predicted octanol–water partition coefficient (Wildman–Crippen LogP) is 0.514. The first kappa shape index (κ1) is 13.4. The van der Waals surface area contributed by atoms with Gasteiger partial charge in [0, 0.05) is 32.2 Å². The normalized spacial score (nSPS) is 27.3. The Kier molecular flexibility index (Phi) is 4.72. The van der Waals surface area contributed by atoms with Crippen molar-refractivity contribution in [2.45, 2.75) is 32.4 Å². The highest BCUT2D eigenvalue weighted by molar-refractivity contribution is 5.05. The lowest BCUT2D eigenvalue weighted by atomic mass is 10.0. The Bertz CT molecular complexity index is 260. The number of piperazine rings is 1. The number of likely N-dealkylation sites (N-methyl/N-ethyl adjacent to an activating group) is 2. The molecule has 0 aromatic heterocycles. The summed E-state index contributed by atoms with van der Waals surface area (Å²) in [4.78, 5) is 4.87. The van der Waals surface area contributed by atoms with Crippen LogP contribution in [-0.2, 0) is 0 Å². The largest absolute Gasteiger partial charge is 0.302 e. The molecule has 1 fully saturated rings. The molecule has 0 amide bonds. The highest BCUT2D eigenvalue weighted by Gasteiger charge is 2.29. The fourth-order valence-corrected chi connectivity index (χ4v) is 2.30. The van der Waals surface area contributed by atoms with Crippen LogP contribution in [0.25, 0.3) is 0 Å². The van der Waals surface area contributed by atoms with Crippen LogP contribution in [0, 0.1) is 11.3 Å². The van der Waals surface area contributed by atoms with Gasteiger partial charge in [-0.2, -0.15) is 5.26 Å².